The summed E-state index contributed by atoms with van der Waals surface area (Å²) in [5, 5.41) is 8.12. The second-order valence-corrected chi connectivity index (χ2v) is 11.5. The second-order valence-electron chi connectivity index (χ2n) is 6.94. The number of para-hydroxylation sites is 1. The van der Waals surface area contributed by atoms with Crippen LogP contribution in [0.1, 0.15) is 11.1 Å². The van der Waals surface area contributed by atoms with Crippen LogP contribution < -0.4 is 16.2 Å². The molecule has 0 atom stereocenters. The van der Waals surface area contributed by atoms with E-state index in [0.29, 0.717) is 21.2 Å². The number of nitrogens with zero attached hydrogens (tertiary/aromatic N) is 1. The van der Waals surface area contributed by atoms with E-state index >= 15 is 0 Å². The van der Waals surface area contributed by atoms with Crippen molar-refractivity contribution < 1.29 is 16.8 Å². The van der Waals surface area contributed by atoms with E-state index < -0.39 is 26.0 Å². The van der Waals surface area contributed by atoms with Crippen molar-refractivity contribution in [1.29, 1.82) is 0 Å². The van der Waals surface area contributed by atoms with Crippen molar-refractivity contribution in [2.45, 2.75) is 27.4 Å². The molecule has 0 unspecified atom stereocenters. The molecule has 8 nitrogen and oxygen atoms in total. The van der Waals surface area contributed by atoms with E-state index in [-0.39, 0.29) is 15.5 Å². The van der Waals surface area contributed by atoms with Crippen LogP contribution in [0.5, 0.6) is 0 Å². The van der Waals surface area contributed by atoms with Gasteiger partial charge in [0.15, 0.2) is 0 Å². The molecule has 0 heterocycles. The first kappa shape index (κ1) is 25.1. The summed E-state index contributed by atoms with van der Waals surface area (Å²) < 4.78 is 53.4. The molecule has 0 saturated carbocycles. The van der Waals surface area contributed by atoms with Gasteiger partial charge in [0.2, 0.25) is 16.0 Å². The quantitative estimate of drug-likeness (QED) is 0.242. The number of rotatable bonds is 7. The first-order valence-corrected chi connectivity index (χ1v) is 13.8. The summed E-state index contributed by atoms with van der Waals surface area (Å²) >= 11 is 7.54. The minimum Gasteiger partial charge on any atom is -0.369 e. The molecule has 0 amide bonds. The number of hydrogen-bond donors (Lipinski definition) is 3. The Morgan fingerprint density at radius 2 is 1.64 bits per heavy atom. The van der Waals surface area contributed by atoms with Crippen LogP contribution in [0.4, 0.5) is 5.69 Å². The summed E-state index contributed by atoms with van der Waals surface area (Å²) in [6, 6.07) is 18.2. The van der Waals surface area contributed by atoms with E-state index in [2.05, 4.69) is 9.71 Å². The minimum atomic E-state index is -4.26. The van der Waals surface area contributed by atoms with Gasteiger partial charge in [-0.15, -0.1) is 16.2 Å². The van der Waals surface area contributed by atoms with Crippen LogP contribution in [-0.4, -0.2) is 22.8 Å². The van der Waals surface area contributed by atoms with Gasteiger partial charge >= 0.3 is 0 Å². The fourth-order valence-corrected chi connectivity index (χ4v) is 6.22. The molecule has 0 aliphatic rings. The van der Waals surface area contributed by atoms with Crippen LogP contribution in [0.25, 0.3) is 0 Å². The number of nitrogens with one attached hydrogen (secondary N) is 1. The zero-order valence-electron chi connectivity index (χ0n) is 17.4. The van der Waals surface area contributed by atoms with Crippen molar-refractivity contribution in [1.82, 2.24) is 0 Å². The van der Waals surface area contributed by atoms with Crippen LogP contribution >= 0.6 is 23.4 Å². The van der Waals surface area contributed by atoms with Gasteiger partial charge in [-0.3, -0.25) is 0 Å². The van der Waals surface area contributed by atoms with Crippen molar-refractivity contribution in [3.63, 3.8) is 0 Å². The first-order chi connectivity index (χ1) is 15.5. The molecule has 0 aliphatic carbocycles. The lowest BCUT2D eigenvalue weighted by atomic mass is 10.2. The number of primary sulfonamides is 1. The molecule has 0 spiro atoms. The monoisotopic (exact) mass is 524 g/mol. The molecular formula is C21H21ClN4O4S3. The molecular weight excluding hydrogens is 504 g/mol. The van der Waals surface area contributed by atoms with Gasteiger partial charge in [-0.25, -0.2) is 13.6 Å². The van der Waals surface area contributed by atoms with Crippen LogP contribution in [0, 0.1) is 6.92 Å². The molecule has 0 fully saturated rings. The summed E-state index contributed by atoms with van der Waals surface area (Å²) in [4.78, 5) is 0.104. The molecule has 174 valence electrons. The summed E-state index contributed by atoms with van der Waals surface area (Å²) in [5.41, 5.74) is 7.38. The number of hydrogen-bond acceptors (Lipinski definition) is 5. The Balaban J connectivity index is 1.95. The molecule has 0 bridgehead atoms. The number of benzene rings is 3. The van der Waals surface area contributed by atoms with E-state index in [1.54, 1.807) is 19.1 Å². The smallest absolute Gasteiger partial charge is 0.286 e. The molecule has 0 aromatic heterocycles. The fourth-order valence-electron chi connectivity index (χ4n) is 2.84. The van der Waals surface area contributed by atoms with Crippen molar-refractivity contribution in [3.05, 3.63) is 82.9 Å². The largest absolute Gasteiger partial charge is 0.369 e. The van der Waals surface area contributed by atoms with Gasteiger partial charge in [-0.1, -0.05) is 54.1 Å². The average Bonchev–Trinajstić information content (AvgIpc) is 2.74. The Kier molecular flexibility index (Phi) is 7.70. The van der Waals surface area contributed by atoms with Gasteiger partial charge in [0, 0.05) is 15.7 Å². The zero-order chi connectivity index (χ0) is 24.2. The standard InChI is InChI=1S/C21H21ClN4O4S3/c1-14-11-20(18(12-16(14)22)31-13-15-7-3-2-4-8-15)33(29,30)26-21(23)25-17-9-5-6-10-19(17)32(24,27)28/h2-12H,13H2,1H3,(H3,23,25,26)(H2,24,27,28). The Bertz CT molecular complexity index is 1410. The Morgan fingerprint density at radius 3 is 2.30 bits per heavy atom. The van der Waals surface area contributed by atoms with E-state index in [0.717, 1.165) is 5.56 Å². The molecule has 3 aromatic rings. The Morgan fingerprint density at radius 1 is 1.00 bits per heavy atom. The maximum absolute atomic E-state index is 13.1. The van der Waals surface area contributed by atoms with E-state index in [1.807, 2.05) is 30.3 Å². The molecule has 3 rings (SSSR count). The number of guanidine groups is 1. The minimum absolute atomic E-state index is 0.00223. The number of nitrogens with two attached hydrogens (primary N) is 2. The Hall–Kier alpha value is -2.57. The van der Waals surface area contributed by atoms with Crippen LogP contribution in [0.15, 0.2) is 85.8 Å². The highest BCUT2D eigenvalue weighted by Crippen LogP contribution is 2.34. The molecule has 12 heteroatoms. The molecule has 0 radical (unpaired) electrons. The number of halogens is 1. The van der Waals surface area contributed by atoms with Crippen LogP contribution in [0.2, 0.25) is 5.02 Å². The third-order valence-electron chi connectivity index (χ3n) is 4.41. The summed E-state index contributed by atoms with van der Waals surface area (Å²) in [6.07, 6.45) is 0. The van der Waals surface area contributed by atoms with Crippen LogP contribution in [-0.2, 0) is 25.8 Å². The van der Waals surface area contributed by atoms with Gasteiger partial charge in [0.25, 0.3) is 10.0 Å². The summed E-state index contributed by atoms with van der Waals surface area (Å²) in [5.74, 6) is -0.000202. The van der Waals surface area contributed by atoms with Gasteiger partial charge in [0.1, 0.15) is 9.79 Å². The topological polar surface area (TPSA) is 145 Å². The Labute approximate surface area is 202 Å². The maximum Gasteiger partial charge on any atom is 0.286 e. The van der Waals surface area contributed by atoms with Crippen molar-refractivity contribution in [3.8, 4) is 0 Å². The SMILES string of the molecule is Cc1cc(S(=O)(=O)N=C(N)Nc2ccccc2S(N)(=O)=O)c(SCc2ccccc2)cc1Cl. The van der Waals surface area contributed by atoms with Gasteiger partial charge in [0.05, 0.1) is 5.69 Å². The van der Waals surface area contributed by atoms with Gasteiger partial charge in [-0.05, 0) is 42.3 Å². The highest BCUT2D eigenvalue weighted by atomic mass is 35.5. The lowest BCUT2D eigenvalue weighted by molar-refractivity contribution is 0.595. The highest BCUT2D eigenvalue weighted by Gasteiger charge is 2.22. The normalized spacial score (nSPS) is 12.5. The number of anilines is 1. The molecule has 5 N–H and O–H groups in total. The highest BCUT2D eigenvalue weighted by molar-refractivity contribution is 7.99. The van der Waals surface area contributed by atoms with Gasteiger partial charge in [-0.2, -0.15) is 8.42 Å². The fraction of sp³-hybridized carbons (Fsp3) is 0.0952. The summed E-state index contributed by atoms with van der Waals surface area (Å²) in [6.45, 7) is 1.68. The predicted molar refractivity (Wildman–Crippen MR) is 132 cm³/mol. The molecule has 33 heavy (non-hydrogen) atoms. The first-order valence-electron chi connectivity index (χ1n) is 9.43. The predicted octanol–water partition coefficient (Wildman–Crippen LogP) is 3.70. The molecule has 0 saturated heterocycles. The molecule has 3 aromatic carbocycles. The van der Waals surface area contributed by atoms with E-state index in [1.165, 1.54) is 36.0 Å². The second kappa shape index (κ2) is 10.1. The summed E-state index contributed by atoms with van der Waals surface area (Å²) in [7, 11) is -8.33. The van der Waals surface area contributed by atoms with E-state index in [9.17, 15) is 16.8 Å². The van der Waals surface area contributed by atoms with E-state index in [4.69, 9.17) is 22.5 Å². The van der Waals surface area contributed by atoms with Crippen molar-refractivity contribution in [2.24, 2.45) is 15.3 Å². The van der Waals surface area contributed by atoms with Gasteiger partial charge < -0.3 is 11.1 Å². The lowest BCUT2D eigenvalue weighted by Gasteiger charge is -2.12. The zero-order valence-corrected chi connectivity index (χ0v) is 20.6. The lowest BCUT2D eigenvalue weighted by Crippen LogP contribution is -2.26. The van der Waals surface area contributed by atoms with Crippen LogP contribution in [0.3, 0.4) is 0 Å². The number of thioether (sulfide) groups is 1. The molecule has 0 aliphatic heterocycles. The third-order valence-corrected chi connectivity index (χ3v) is 8.38. The average molecular weight is 525 g/mol. The van der Waals surface area contributed by atoms with Crippen molar-refractivity contribution >= 4 is 55.1 Å². The number of aryl methyl sites for hydroxylation is 1. The number of sulfonamides is 2. The maximum atomic E-state index is 13.1. The van der Waals surface area contributed by atoms with Crippen molar-refractivity contribution in [2.75, 3.05) is 5.32 Å². The third kappa shape index (κ3) is 6.49.